The number of hydrogen-bond acceptors (Lipinski definition) is 6. The minimum absolute atomic E-state index is 0.101. The van der Waals surface area contributed by atoms with Gasteiger partial charge < -0.3 is 15.6 Å². The number of hydrogen-bond donors (Lipinski definition) is 3. The van der Waals surface area contributed by atoms with Crippen molar-refractivity contribution in [2.45, 2.75) is 51.4 Å². The smallest absolute Gasteiger partial charge is 0.218 e. The van der Waals surface area contributed by atoms with E-state index in [2.05, 4.69) is 51.8 Å². The first-order valence-electron chi connectivity index (χ1n) is 12.6. The zero-order valence-electron chi connectivity index (χ0n) is 21.1. The van der Waals surface area contributed by atoms with Crippen LogP contribution in [0, 0.1) is 6.92 Å². The second-order valence-electron chi connectivity index (χ2n) is 9.36. The fourth-order valence-electron chi connectivity index (χ4n) is 4.42. The van der Waals surface area contributed by atoms with E-state index in [4.69, 9.17) is 10.5 Å². The van der Waals surface area contributed by atoms with E-state index in [0.29, 0.717) is 24.6 Å². The maximum absolute atomic E-state index is 11.5. The molecule has 0 spiro atoms. The maximum atomic E-state index is 11.5. The number of rotatable bonds is 13. The van der Waals surface area contributed by atoms with Crippen LogP contribution in [0.15, 0.2) is 66.7 Å². The number of nitrogens with one attached hydrogen (secondary N) is 1. The van der Waals surface area contributed by atoms with Gasteiger partial charge >= 0.3 is 0 Å². The minimum Gasteiger partial charge on any atom is -0.504 e. The van der Waals surface area contributed by atoms with Gasteiger partial charge in [0.1, 0.15) is 0 Å². The number of carbonyl (C=O) groups is 1. The fourth-order valence-corrected chi connectivity index (χ4v) is 4.42. The van der Waals surface area contributed by atoms with E-state index < -0.39 is 5.91 Å². The Kier molecular flexibility index (Phi) is 8.86. The van der Waals surface area contributed by atoms with Gasteiger partial charge in [-0.25, -0.2) is 0 Å². The zero-order valence-corrected chi connectivity index (χ0v) is 21.1. The summed E-state index contributed by atoms with van der Waals surface area (Å²) in [6, 6.07) is 22.0. The summed E-state index contributed by atoms with van der Waals surface area (Å²) in [5, 5.41) is 24.3. The Morgan fingerprint density at radius 3 is 2.54 bits per heavy atom. The average molecular weight is 500 g/mol. The number of aromatic hydroxyl groups is 1. The van der Waals surface area contributed by atoms with Crippen molar-refractivity contribution >= 4 is 5.91 Å². The summed E-state index contributed by atoms with van der Waals surface area (Å²) in [5.41, 5.74) is 11.1. The van der Waals surface area contributed by atoms with E-state index in [1.165, 1.54) is 11.1 Å². The Hall–Kier alpha value is -4.20. The van der Waals surface area contributed by atoms with Crippen LogP contribution in [0.3, 0.4) is 0 Å². The fraction of sp³-hybridized carbons (Fsp3) is 0.310. The first kappa shape index (κ1) is 25.9. The Labute approximate surface area is 216 Å². The number of nitrogens with two attached hydrogens (primary N) is 1. The Morgan fingerprint density at radius 1 is 1.00 bits per heavy atom. The highest BCUT2D eigenvalue weighted by molar-refractivity contribution is 5.75. The molecule has 4 aromatic rings. The minimum atomic E-state index is -0.429. The lowest BCUT2D eigenvalue weighted by atomic mass is 9.93. The Morgan fingerprint density at radius 2 is 1.81 bits per heavy atom. The summed E-state index contributed by atoms with van der Waals surface area (Å²) >= 11 is 0. The average Bonchev–Trinajstić information content (AvgIpc) is 3.42. The van der Waals surface area contributed by atoms with Crippen LogP contribution in [-0.4, -0.2) is 38.2 Å². The molecule has 0 saturated heterocycles. The molecule has 0 fully saturated rings. The second-order valence-corrected chi connectivity index (χ2v) is 9.36. The molecule has 8 nitrogen and oxygen atoms in total. The lowest BCUT2D eigenvalue weighted by Crippen LogP contribution is -2.17. The van der Waals surface area contributed by atoms with Gasteiger partial charge in [0.25, 0.3) is 0 Å². The molecule has 4 N–H and O–H groups in total. The number of aryl methyl sites for hydroxylation is 2. The predicted octanol–water partition coefficient (Wildman–Crippen LogP) is 4.60. The molecule has 0 aliphatic carbocycles. The number of amides is 1. The van der Waals surface area contributed by atoms with Gasteiger partial charge in [0.05, 0.1) is 12.5 Å². The molecule has 192 valence electrons. The topological polar surface area (TPSA) is 127 Å². The van der Waals surface area contributed by atoms with E-state index in [1.807, 2.05) is 36.4 Å². The monoisotopic (exact) mass is 499 g/mol. The van der Waals surface area contributed by atoms with E-state index in [1.54, 1.807) is 6.07 Å². The number of tetrazole rings is 1. The van der Waals surface area contributed by atoms with Crippen LogP contribution in [0.1, 0.15) is 65.2 Å². The number of H-pyrrole nitrogens is 1. The number of carbonyl (C=O) groups excluding carboxylic acids is 1. The van der Waals surface area contributed by atoms with Crippen molar-refractivity contribution in [2.75, 3.05) is 6.61 Å². The van der Waals surface area contributed by atoms with Crippen molar-refractivity contribution in [2.24, 2.45) is 5.73 Å². The molecule has 1 unspecified atom stereocenters. The molecule has 1 heterocycles. The van der Waals surface area contributed by atoms with Crippen molar-refractivity contribution in [1.82, 2.24) is 20.6 Å². The van der Waals surface area contributed by atoms with Gasteiger partial charge in [-0.05, 0) is 73.4 Å². The largest absolute Gasteiger partial charge is 0.504 e. The highest BCUT2D eigenvalue weighted by atomic mass is 16.5. The van der Waals surface area contributed by atoms with Gasteiger partial charge in [-0.2, -0.15) is 5.21 Å². The molecule has 0 saturated carbocycles. The third-order valence-corrected chi connectivity index (χ3v) is 6.34. The normalized spacial score (nSPS) is 11.8. The van der Waals surface area contributed by atoms with Crippen molar-refractivity contribution in [3.05, 3.63) is 100 Å². The van der Waals surface area contributed by atoms with Gasteiger partial charge in [-0.15, -0.1) is 10.2 Å². The number of ether oxygens (including phenoxy) is 1. The molecule has 8 heteroatoms. The third-order valence-electron chi connectivity index (χ3n) is 6.34. The van der Waals surface area contributed by atoms with Crippen molar-refractivity contribution in [3.8, 4) is 11.5 Å². The number of benzene rings is 3. The number of unbranched alkanes of at least 4 members (excludes halogenated alkanes) is 2. The first-order chi connectivity index (χ1) is 18.0. The van der Waals surface area contributed by atoms with Gasteiger partial charge in [0.2, 0.25) is 5.91 Å². The van der Waals surface area contributed by atoms with Crippen LogP contribution in [0.25, 0.3) is 0 Å². The molecule has 37 heavy (non-hydrogen) atoms. The lowest BCUT2D eigenvalue weighted by Gasteiger charge is -2.13. The summed E-state index contributed by atoms with van der Waals surface area (Å²) in [5.74, 6) is 0.305. The number of nitrogens with zero attached hydrogens (tertiary/aromatic N) is 3. The molecule has 1 aromatic heterocycles. The molecule has 0 aliphatic heterocycles. The van der Waals surface area contributed by atoms with Gasteiger partial charge in [0.15, 0.2) is 17.3 Å². The molecular weight excluding hydrogens is 466 g/mol. The summed E-state index contributed by atoms with van der Waals surface area (Å²) in [4.78, 5) is 11.5. The second kappa shape index (κ2) is 12.7. The summed E-state index contributed by atoms with van der Waals surface area (Å²) in [6.07, 6.45) is 4.96. The van der Waals surface area contributed by atoms with E-state index in [0.717, 1.165) is 42.4 Å². The molecule has 3 aromatic carbocycles. The Bertz CT molecular complexity index is 1290. The van der Waals surface area contributed by atoms with Crippen molar-refractivity contribution in [1.29, 1.82) is 0 Å². The molecule has 0 radical (unpaired) electrons. The summed E-state index contributed by atoms with van der Waals surface area (Å²) in [6.45, 7) is 2.68. The highest BCUT2D eigenvalue weighted by Crippen LogP contribution is 2.29. The molecule has 0 bridgehead atoms. The quantitative estimate of drug-likeness (QED) is 0.231. The number of aromatic amines is 1. The van der Waals surface area contributed by atoms with Crippen LogP contribution in [-0.2, 0) is 17.6 Å². The zero-order chi connectivity index (χ0) is 26.0. The van der Waals surface area contributed by atoms with Crippen molar-refractivity contribution in [3.63, 3.8) is 0 Å². The molecule has 1 atom stereocenters. The standard InChI is InChI=1S/C29H33N5O3/c1-20-6-5-8-21(16-20)7-3-2-4-15-37-27-18-23(11-14-26(27)35)17-22-9-12-24(13-10-22)25(19-28(30)36)29-31-33-34-32-29/h5-6,8-14,16,18,25,35H,2-4,7,15,17,19H2,1H3,(H2,30,36)(H,31,32,33,34). The lowest BCUT2D eigenvalue weighted by molar-refractivity contribution is -0.118. The highest BCUT2D eigenvalue weighted by Gasteiger charge is 2.21. The van der Waals surface area contributed by atoms with E-state index >= 15 is 0 Å². The summed E-state index contributed by atoms with van der Waals surface area (Å²) < 4.78 is 5.90. The third kappa shape index (κ3) is 7.64. The van der Waals surface area contributed by atoms with Gasteiger partial charge in [0, 0.05) is 6.42 Å². The molecule has 1 amide bonds. The summed E-state index contributed by atoms with van der Waals surface area (Å²) in [7, 11) is 0. The molecular formula is C29H33N5O3. The first-order valence-corrected chi connectivity index (χ1v) is 12.6. The van der Waals surface area contributed by atoms with Gasteiger partial charge in [-0.1, -0.05) is 65.4 Å². The maximum Gasteiger partial charge on any atom is 0.218 e. The van der Waals surface area contributed by atoms with Crippen LogP contribution in [0.2, 0.25) is 0 Å². The number of aromatic nitrogens is 4. The van der Waals surface area contributed by atoms with E-state index in [9.17, 15) is 9.90 Å². The van der Waals surface area contributed by atoms with Crippen LogP contribution < -0.4 is 10.5 Å². The SMILES string of the molecule is Cc1cccc(CCCCCOc2cc(Cc3ccc(C(CC(N)=O)c4nn[nH]n4)cc3)ccc2O)c1. The number of primary amides is 1. The van der Waals surface area contributed by atoms with Gasteiger partial charge in [-0.3, -0.25) is 4.79 Å². The van der Waals surface area contributed by atoms with Crippen molar-refractivity contribution < 1.29 is 14.6 Å². The van der Waals surface area contributed by atoms with Crippen LogP contribution in [0.4, 0.5) is 0 Å². The predicted molar refractivity (Wildman–Crippen MR) is 141 cm³/mol. The Balaban J connectivity index is 1.29. The van der Waals surface area contributed by atoms with Crippen LogP contribution in [0.5, 0.6) is 11.5 Å². The van der Waals surface area contributed by atoms with Crippen LogP contribution >= 0.6 is 0 Å². The van der Waals surface area contributed by atoms with E-state index in [-0.39, 0.29) is 18.1 Å². The number of phenols is 1. The molecule has 0 aliphatic rings. The number of phenolic OH excluding ortho intramolecular Hbond substituents is 1. The molecule has 4 rings (SSSR count).